The summed E-state index contributed by atoms with van der Waals surface area (Å²) < 4.78 is 31.9. The molecule has 0 saturated heterocycles. The number of carbonyl (C=O) groups is 2. The largest absolute Gasteiger partial charge is 0.497 e. The molecule has 1 aliphatic rings. The van der Waals surface area contributed by atoms with Crippen LogP contribution in [0.5, 0.6) is 23.0 Å². The van der Waals surface area contributed by atoms with Crippen molar-refractivity contribution in [3.8, 4) is 23.0 Å². The van der Waals surface area contributed by atoms with Crippen molar-refractivity contribution in [1.82, 2.24) is 0 Å². The van der Waals surface area contributed by atoms with Gasteiger partial charge in [-0.1, -0.05) is 12.1 Å². The Morgan fingerprint density at radius 2 is 1.70 bits per heavy atom. The van der Waals surface area contributed by atoms with Crippen molar-refractivity contribution in [3.63, 3.8) is 0 Å². The second-order valence-corrected chi connectivity index (χ2v) is 6.45. The Morgan fingerprint density at radius 3 is 2.37 bits per heavy atom. The SMILES string of the molecule is CCOC(=O)C(c1ccc2c(c1)OCO2)C(C(=O)OC)c1ccc(OC)cc1OC. The smallest absolute Gasteiger partial charge is 0.314 e. The monoisotopic (exact) mass is 416 g/mol. The van der Waals surface area contributed by atoms with Crippen LogP contribution < -0.4 is 18.9 Å². The number of hydrogen-bond acceptors (Lipinski definition) is 8. The van der Waals surface area contributed by atoms with Gasteiger partial charge in [0, 0.05) is 11.6 Å². The first-order valence-electron chi connectivity index (χ1n) is 9.39. The fourth-order valence-corrected chi connectivity index (χ4v) is 3.45. The van der Waals surface area contributed by atoms with E-state index in [-0.39, 0.29) is 13.4 Å². The van der Waals surface area contributed by atoms with Crippen LogP contribution in [-0.4, -0.2) is 46.7 Å². The van der Waals surface area contributed by atoms with Gasteiger partial charge >= 0.3 is 11.9 Å². The number of esters is 2. The molecule has 0 N–H and O–H groups in total. The molecule has 0 radical (unpaired) electrons. The molecule has 2 aromatic rings. The molecule has 0 aromatic heterocycles. The van der Waals surface area contributed by atoms with Crippen LogP contribution in [0.15, 0.2) is 36.4 Å². The molecule has 3 rings (SSSR count). The number of methoxy groups -OCH3 is 3. The van der Waals surface area contributed by atoms with E-state index in [4.69, 9.17) is 28.4 Å². The molecule has 0 bridgehead atoms. The standard InChI is InChI=1S/C22H24O8/c1-5-28-22(24)19(13-6-9-16-18(10-13)30-12-29-16)20(21(23)27-4)15-8-7-14(25-2)11-17(15)26-3/h6-11,19-20H,5,12H2,1-4H3. The van der Waals surface area contributed by atoms with Gasteiger partial charge in [0.2, 0.25) is 6.79 Å². The van der Waals surface area contributed by atoms with Gasteiger partial charge in [-0.2, -0.15) is 0 Å². The second-order valence-electron chi connectivity index (χ2n) is 6.45. The van der Waals surface area contributed by atoms with Crippen molar-refractivity contribution in [2.75, 3.05) is 34.7 Å². The van der Waals surface area contributed by atoms with Crippen LogP contribution in [0.25, 0.3) is 0 Å². The molecule has 1 heterocycles. The number of fused-ring (bicyclic) bond motifs is 1. The third kappa shape index (κ3) is 4.12. The van der Waals surface area contributed by atoms with E-state index in [1.807, 2.05) is 0 Å². The van der Waals surface area contributed by atoms with E-state index in [9.17, 15) is 9.59 Å². The summed E-state index contributed by atoms with van der Waals surface area (Å²) in [5.41, 5.74) is 1.01. The summed E-state index contributed by atoms with van der Waals surface area (Å²) in [7, 11) is 4.28. The Kier molecular flexibility index (Phi) is 6.66. The lowest BCUT2D eigenvalue weighted by Crippen LogP contribution is -2.29. The minimum absolute atomic E-state index is 0.0928. The fourth-order valence-electron chi connectivity index (χ4n) is 3.45. The van der Waals surface area contributed by atoms with Gasteiger partial charge in [0.25, 0.3) is 0 Å². The Bertz CT molecular complexity index is 923. The van der Waals surface area contributed by atoms with Crippen LogP contribution in [0.4, 0.5) is 0 Å². The zero-order valence-electron chi connectivity index (χ0n) is 17.3. The quantitative estimate of drug-likeness (QED) is 0.607. The van der Waals surface area contributed by atoms with Gasteiger partial charge in [0.05, 0.1) is 33.9 Å². The van der Waals surface area contributed by atoms with Gasteiger partial charge in [0.15, 0.2) is 11.5 Å². The lowest BCUT2D eigenvalue weighted by atomic mass is 9.80. The number of hydrogen-bond donors (Lipinski definition) is 0. The van der Waals surface area contributed by atoms with Gasteiger partial charge in [-0.25, -0.2) is 0 Å². The molecule has 0 spiro atoms. The summed E-state index contributed by atoms with van der Waals surface area (Å²) in [4.78, 5) is 26.0. The Hall–Kier alpha value is -3.42. The second kappa shape index (κ2) is 9.39. The molecular weight excluding hydrogens is 392 g/mol. The highest BCUT2D eigenvalue weighted by Gasteiger charge is 2.40. The summed E-state index contributed by atoms with van der Waals surface area (Å²) in [6.45, 7) is 1.96. The summed E-state index contributed by atoms with van der Waals surface area (Å²) in [6, 6.07) is 10.1. The lowest BCUT2D eigenvalue weighted by molar-refractivity contribution is -0.152. The number of rotatable bonds is 8. The van der Waals surface area contributed by atoms with E-state index < -0.39 is 23.8 Å². The minimum Gasteiger partial charge on any atom is -0.497 e. The van der Waals surface area contributed by atoms with Gasteiger partial charge in [0.1, 0.15) is 17.4 Å². The first-order chi connectivity index (χ1) is 14.5. The highest BCUT2D eigenvalue weighted by molar-refractivity contribution is 5.91. The molecule has 2 unspecified atom stereocenters. The van der Waals surface area contributed by atoms with Crippen LogP contribution in [0.2, 0.25) is 0 Å². The van der Waals surface area contributed by atoms with Gasteiger partial charge < -0.3 is 28.4 Å². The van der Waals surface area contributed by atoms with Crippen LogP contribution in [0.1, 0.15) is 29.9 Å². The lowest BCUT2D eigenvalue weighted by Gasteiger charge is -2.26. The molecular formula is C22H24O8. The van der Waals surface area contributed by atoms with Crippen LogP contribution in [0, 0.1) is 0 Å². The van der Waals surface area contributed by atoms with Crippen LogP contribution >= 0.6 is 0 Å². The molecule has 2 atom stereocenters. The minimum atomic E-state index is -1.02. The highest BCUT2D eigenvalue weighted by Crippen LogP contribution is 2.43. The average molecular weight is 416 g/mol. The van der Waals surface area contributed by atoms with E-state index in [2.05, 4.69) is 0 Å². The van der Waals surface area contributed by atoms with Gasteiger partial charge in [-0.15, -0.1) is 0 Å². The molecule has 8 nitrogen and oxygen atoms in total. The van der Waals surface area contributed by atoms with Gasteiger partial charge in [-0.3, -0.25) is 9.59 Å². The number of carbonyl (C=O) groups excluding carboxylic acids is 2. The molecule has 0 aliphatic carbocycles. The molecule has 0 amide bonds. The number of ether oxygens (including phenoxy) is 6. The molecule has 30 heavy (non-hydrogen) atoms. The topological polar surface area (TPSA) is 89.5 Å². The Balaban J connectivity index is 2.16. The maximum atomic E-state index is 13.0. The van der Waals surface area contributed by atoms with Crippen molar-refractivity contribution in [3.05, 3.63) is 47.5 Å². The van der Waals surface area contributed by atoms with Crippen molar-refractivity contribution < 1.29 is 38.0 Å². The van der Waals surface area contributed by atoms with Crippen LogP contribution in [-0.2, 0) is 19.1 Å². The molecule has 0 fully saturated rings. The Labute approximate surface area is 174 Å². The Morgan fingerprint density at radius 1 is 0.933 bits per heavy atom. The van der Waals surface area contributed by atoms with E-state index in [0.29, 0.717) is 34.1 Å². The van der Waals surface area contributed by atoms with Crippen molar-refractivity contribution >= 4 is 11.9 Å². The van der Waals surface area contributed by atoms with E-state index in [0.717, 1.165) is 0 Å². The molecule has 1 aliphatic heterocycles. The molecule has 8 heteroatoms. The maximum Gasteiger partial charge on any atom is 0.314 e. The van der Waals surface area contributed by atoms with Crippen molar-refractivity contribution in [2.45, 2.75) is 18.8 Å². The summed E-state index contributed by atoms with van der Waals surface area (Å²) >= 11 is 0. The van der Waals surface area contributed by atoms with Crippen molar-refractivity contribution in [2.24, 2.45) is 0 Å². The third-order valence-corrected chi connectivity index (χ3v) is 4.86. The molecule has 0 saturated carbocycles. The normalized spacial score (nSPS) is 13.9. The average Bonchev–Trinajstić information content (AvgIpc) is 3.24. The van der Waals surface area contributed by atoms with E-state index in [1.165, 1.54) is 21.3 Å². The predicted molar refractivity (Wildman–Crippen MR) is 106 cm³/mol. The maximum absolute atomic E-state index is 13.0. The fraction of sp³-hybridized carbons (Fsp3) is 0.364. The number of benzene rings is 2. The molecule has 2 aromatic carbocycles. The highest BCUT2D eigenvalue weighted by atomic mass is 16.7. The first-order valence-corrected chi connectivity index (χ1v) is 9.39. The summed E-state index contributed by atoms with van der Waals surface area (Å²) in [6.07, 6.45) is 0. The molecule has 160 valence electrons. The zero-order chi connectivity index (χ0) is 21.7. The predicted octanol–water partition coefficient (Wildman–Crippen LogP) is 3.04. The zero-order valence-corrected chi connectivity index (χ0v) is 17.3. The van der Waals surface area contributed by atoms with Crippen LogP contribution in [0.3, 0.4) is 0 Å². The summed E-state index contributed by atoms with van der Waals surface area (Å²) in [5, 5.41) is 0. The van der Waals surface area contributed by atoms with E-state index in [1.54, 1.807) is 43.3 Å². The first kappa shape index (κ1) is 21.3. The third-order valence-electron chi connectivity index (χ3n) is 4.86. The van der Waals surface area contributed by atoms with Gasteiger partial charge in [-0.05, 0) is 30.7 Å². The van der Waals surface area contributed by atoms with Crippen molar-refractivity contribution in [1.29, 1.82) is 0 Å². The van der Waals surface area contributed by atoms with E-state index >= 15 is 0 Å². The summed E-state index contributed by atoms with van der Waals surface area (Å²) in [5.74, 6) is -1.18.